The number of hydrogen-bond acceptors (Lipinski definition) is 5. The number of aliphatic hydroxyl groups is 1. The molecule has 1 saturated heterocycles. The van der Waals surface area contributed by atoms with Crippen LogP contribution in [0.2, 0.25) is 0 Å². The highest BCUT2D eigenvalue weighted by molar-refractivity contribution is 5.98. The normalized spacial score (nSPS) is 13.9. The van der Waals surface area contributed by atoms with E-state index >= 15 is 0 Å². The Kier molecular flexibility index (Phi) is 7.21. The molecule has 0 aliphatic carbocycles. The molecule has 1 heterocycles. The smallest absolute Gasteiger partial charge is 0.248 e. The van der Waals surface area contributed by atoms with E-state index in [-0.39, 0.29) is 18.9 Å². The first kappa shape index (κ1) is 20.8. The first-order valence-electron chi connectivity index (χ1n) is 9.66. The van der Waals surface area contributed by atoms with Crippen molar-refractivity contribution in [3.05, 3.63) is 65.6 Å². The number of ether oxygens (including phenoxy) is 1. The summed E-state index contributed by atoms with van der Waals surface area (Å²) in [6, 6.07) is 13.0. The first-order valence-corrected chi connectivity index (χ1v) is 9.66. The summed E-state index contributed by atoms with van der Waals surface area (Å²) >= 11 is 0. The van der Waals surface area contributed by atoms with Gasteiger partial charge in [-0.3, -0.25) is 9.59 Å². The molecule has 0 spiro atoms. The third kappa shape index (κ3) is 5.79. The van der Waals surface area contributed by atoms with Gasteiger partial charge in [0.2, 0.25) is 11.8 Å². The lowest BCUT2D eigenvalue weighted by atomic mass is 9.98. The minimum Gasteiger partial charge on any atom is -0.396 e. The van der Waals surface area contributed by atoms with E-state index in [1.54, 1.807) is 12.1 Å². The van der Waals surface area contributed by atoms with Crippen molar-refractivity contribution in [3.63, 3.8) is 0 Å². The molecule has 4 N–H and O–H groups in total. The van der Waals surface area contributed by atoms with Gasteiger partial charge in [-0.15, -0.1) is 0 Å². The summed E-state index contributed by atoms with van der Waals surface area (Å²) in [5.74, 6) is -0.800. The first-order chi connectivity index (χ1) is 14.1. The van der Waals surface area contributed by atoms with Crippen LogP contribution in [0, 0.1) is 6.42 Å². The van der Waals surface area contributed by atoms with Gasteiger partial charge in [0.05, 0.1) is 19.6 Å². The predicted octanol–water partition coefficient (Wildman–Crippen LogP) is 1.54. The second kappa shape index (κ2) is 10.0. The number of nitrogens with two attached hydrogens (primary N) is 1. The van der Waals surface area contributed by atoms with Crippen LogP contribution in [-0.4, -0.2) is 49.8 Å². The number of primary amides is 1. The van der Waals surface area contributed by atoms with Gasteiger partial charge in [0, 0.05) is 36.6 Å². The number of anilines is 2. The molecule has 0 unspecified atom stereocenters. The number of nitrogens with zero attached hydrogens (tertiary/aromatic N) is 1. The Morgan fingerprint density at radius 1 is 1.14 bits per heavy atom. The molecule has 7 nitrogen and oxygen atoms in total. The summed E-state index contributed by atoms with van der Waals surface area (Å²) in [5.41, 5.74) is 9.14. The van der Waals surface area contributed by atoms with Crippen LogP contribution in [0.5, 0.6) is 0 Å². The molecule has 0 saturated carbocycles. The van der Waals surface area contributed by atoms with Crippen molar-refractivity contribution in [2.24, 2.45) is 5.73 Å². The van der Waals surface area contributed by atoms with E-state index in [2.05, 4.69) is 10.2 Å². The average molecular weight is 396 g/mol. The van der Waals surface area contributed by atoms with Crippen LogP contribution in [0.4, 0.5) is 11.4 Å². The summed E-state index contributed by atoms with van der Waals surface area (Å²) < 4.78 is 5.36. The number of aliphatic hydroxyl groups excluding tert-OH is 1. The largest absolute Gasteiger partial charge is 0.396 e. The van der Waals surface area contributed by atoms with E-state index in [1.165, 1.54) is 6.42 Å². The Hall–Kier alpha value is -2.90. The zero-order valence-corrected chi connectivity index (χ0v) is 16.3. The lowest BCUT2D eigenvalue weighted by Gasteiger charge is -2.28. The number of benzene rings is 2. The second-order valence-electron chi connectivity index (χ2n) is 6.87. The number of carbonyl (C=O) groups is 2. The number of morpholine rings is 1. The molecule has 7 heteroatoms. The van der Waals surface area contributed by atoms with Gasteiger partial charge in [0.25, 0.3) is 0 Å². The Balaban J connectivity index is 1.56. The molecule has 153 valence electrons. The highest BCUT2D eigenvalue weighted by Crippen LogP contribution is 2.19. The van der Waals surface area contributed by atoms with Crippen LogP contribution in [0.25, 0.3) is 0 Å². The molecule has 1 radical (unpaired) electrons. The summed E-state index contributed by atoms with van der Waals surface area (Å²) in [6.45, 7) is 3.16. The zero-order chi connectivity index (χ0) is 20.6. The molecule has 2 aromatic rings. The molecule has 2 aromatic carbocycles. The Morgan fingerprint density at radius 2 is 1.86 bits per heavy atom. The van der Waals surface area contributed by atoms with E-state index in [4.69, 9.17) is 15.6 Å². The number of amides is 2. The number of hydrogen-bond donors (Lipinski definition) is 3. The monoisotopic (exact) mass is 396 g/mol. The van der Waals surface area contributed by atoms with Crippen LogP contribution in [-0.2, 0) is 22.4 Å². The van der Waals surface area contributed by atoms with Gasteiger partial charge in [-0.05, 0) is 54.3 Å². The van der Waals surface area contributed by atoms with Crippen molar-refractivity contribution in [1.29, 1.82) is 0 Å². The van der Waals surface area contributed by atoms with E-state index < -0.39 is 5.91 Å². The minimum atomic E-state index is -0.549. The van der Waals surface area contributed by atoms with Crippen LogP contribution in [0.1, 0.15) is 21.5 Å². The average Bonchev–Trinajstić information content (AvgIpc) is 2.74. The number of rotatable bonds is 8. The van der Waals surface area contributed by atoms with Crippen LogP contribution >= 0.6 is 0 Å². The fourth-order valence-electron chi connectivity index (χ4n) is 3.29. The molecule has 0 atom stereocenters. The fourth-order valence-corrected chi connectivity index (χ4v) is 3.29. The van der Waals surface area contributed by atoms with Crippen LogP contribution < -0.4 is 16.0 Å². The second-order valence-corrected chi connectivity index (χ2v) is 6.87. The zero-order valence-electron chi connectivity index (χ0n) is 16.3. The van der Waals surface area contributed by atoms with Crippen molar-refractivity contribution in [2.75, 3.05) is 43.1 Å². The lowest BCUT2D eigenvalue weighted by Crippen LogP contribution is -2.36. The van der Waals surface area contributed by atoms with E-state index in [1.807, 2.05) is 30.3 Å². The lowest BCUT2D eigenvalue weighted by molar-refractivity contribution is -0.113. The molecule has 0 aromatic heterocycles. The number of carbonyl (C=O) groups excluding carboxylic acids is 2. The van der Waals surface area contributed by atoms with Crippen LogP contribution in [0.3, 0.4) is 0 Å². The van der Waals surface area contributed by atoms with Crippen molar-refractivity contribution in [3.8, 4) is 0 Å². The third-order valence-electron chi connectivity index (χ3n) is 4.86. The van der Waals surface area contributed by atoms with Crippen molar-refractivity contribution >= 4 is 23.2 Å². The standard InChI is InChI=1S/C22H26N3O4/c23-22(28)20-15-16(9-12-26)1-2-17(20)3-8-21(27)24-18-4-6-19(7-5-18)25-10-13-29-14-11-25/h1-2,4-8,15,26H,3,9-14H2,(H2,23,28)(H,24,27). The highest BCUT2D eigenvalue weighted by atomic mass is 16.5. The van der Waals surface area contributed by atoms with Gasteiger partial charge in [-0.2, -0.15) is 0 Å². The minimum absolute atomic E-state index is 0.00356. The Morgan fingerprint density at radius 3 is 2.52 bits per heavy atom. The van der Waals surface area contributed by atoms with Crippen molar-refractivity contribution in [1.82, 2.24) is 0 Å². The third-order valence-corrected chi connectivity index (χ3v) is 4.86. The molecule has 1 fully saturated rings. The molecule has 1 aliphatic rings. The maximum Gasteiger partial charge on any atom is 0.248 e. The SMILES string of the molecule is NC(=O)c1cc(CCO)ccc1C[CH]C(=O)Nc1ccc(N2CCOCC2)cc1. The quantitative estimate of drug-likeness (QED) is 0.628. The van der Waals surface area contributed by atoms with Gasteiger partial charge >= 0.3 is 0 Å². The summed E-state index contributed by atoms with van der Waals surface area (Å²) in [6.07, 6.45) is 2.23. The fraction of sp³-hybridized carbons (Fsp3) is 0.318. The highest BCUT2D eigenvalue weighted by Gasteiger charge is 2.13. The van der Waals surface area contributed by atoms with Gasteiger partial charge in [0.1, 0.15) is 0 Å². The maximum atomic E-state index is 12.3. The molecular formula is C22H26N3O4. The van der Waals surface area contributed by atoms with E-state index in [0.29, 0.717) is 23.2 Å². The predicted molar refractivity (Wildman–Crippen MR) is 112 cm³/mol. The summed E-state index contributed by atoms with van der Waals surface area (Å²) in [7, 11) is 0. The van der Waals surface area contributed by atoms with Gasteiger partial charge in [-0.25, -0.2) is 0 Å². The maximum absolute atomic E-state index is 12.3. The molecule has 0 bridgehead atoms. The summed E-state index contributed by atoms with van der Waals surface area (Å²) in [5, 5.41) is 11.9. The Bertz CT molecular complexity index is 846. The molecule has 3 rings (SSSR count). The molecule has 2 amide bonds. The topological polar surface area (TPSA) is 105 Å². The van der Waals surface area contributed by atoms with Gasteiger partial charge in [-0.1, -0.05) is 12.1 Å². The van der Waals surface area contributed by atoms with E-state index in [0.717, 1.165) is 37.6 Å². The molecule has 1 aliphatic heterocycles. The Labute approximate surface area is 170 Å². The summed E-state index contributed by atoms with van der Waals surface area (Å²) in [4.78, 5) is 26.2. The van der Waals surface area contributed by atoms with E-state index in [9.17, 15) is 9.59 Å². The van der Waals surface area contributed by atoms with Crippen LogP contribution in [0.15, 0.2) is 42.5 Å². The van der Waals surface area contributed by atoms with Gasteiger partial charge < -0.3 is 25.8 Å². The van der Waals surface area contributed by atoms with Gasteiger partial charge in [0.15, 0.2) is 0 Å². The van der Waals surface area contributed by atoms with Crippen molar-refractivity contribution < 1.29 is 19.4 Å². The van der Waals surface area contributed by atoms with Crippen molar-refractivity contribution in [2.45, 2.75) is 12.8 Å². The molecular weight excluding hydrogens is 370 g/mol. The number of nitrogens with one attached hydrogen (secondary N) is 1. The molecule has 29 heavy (non-hydrogen) atoms.